The van der Waals surface area contributed by atoms with Crippen LogP contribution in [0.15, 0.2) is 78.9 Å². The summed E-state index contributed by atoms with van der Waals surface area (Å²) < 4.78 is 21.6. The second-order valence-electron chi connectivity index (χ2n) is 7.98. The number of ether oxygens (including phenoxy) is 4. The van der Waals surface area contributed by atoms with Gasteiger partial charge in [-0.3, -0.25) is 0 Å². The van der Waals surface area contributed by atoms with E-state index in [0.717, 1.165) is 28.4 Å². The molecule has 0 bridgehead atoms. The summed E-state index contributed by atoms with van der Waals surface area (Å²) in [6.45, 7) is 1.33. The van der Waals surface area contributed by atoms with E-state index in [-0.39, 0.29) is 6.79 Å². The van der Waals surface area contributed by atoms with Crippen molar-refractivity contribution in [3.05, 3.63) is 84.4 Å². The number of aromatic amines is 1. The van der Waals surface area contributed by atoms with Crippen LogP contribution in [-0.2, 0) is 16.0 Å². The smallest absolute Gasteiger partial charge is 0.229 e. The number of benzene rings is 2. The third-order valence-corrected chi connectivity index (χ3v) is 5.53. The van der Waals surface area contributed by atoms with Crippen LogP contribution in [0.2, 0.25) is 0 Å². The Labute approximate surface area is 208 Å². The monoisotopic (exact) mass is 486 g/mol. The van der Waals surface area contributed by atoms with Crippen molar-refractivity contribution in [2.75, 3.05) is 37.8 Å². The molecule has 0 spiro atoms. The number of H-pyrrole nitrogens is 1. The van der Waals surface area contributed by atoms with Crippen LogP contribution in [0.3, 0.4) is 0 Å². The van der Waals surface area contributed by atoms with E-state index < -0.39 is 0 Å². The summed E-state index contributed by atoms with van der Waals surface area (Å²) in [6, 6.07) is 19.5. The zero-order chi connectivity index (χ0) is 24.7. The standard InChI is InChI=1S/C26H26N6O4/c1-33-20-11-19(12-21(13-20)34-2)28-26-29-24(30-31-26)23-9-6-10-27-25(23)32(15-22-16-35-17-36-22)14-18-7-4-3-5-8-18/h3-13,16H,14-15,17H2,1-2H3,(H2,28,29,30,31). The topological polar surface area (TPSA) is 107 Å². The summed E-state index contributed by atoms with van der Waals surface area (Å²) in [5.74, 6) is 3.84. The molecule has 0 atom stereocenters. The molecule has 10 heteroatoms. The maximum atomic E-state index is 5.60. The second kappa shape index (κ2) is 10.7. The van der Waals surface area contributed by atoms with Crippen molar-refractivity contribution in [2.45, 2.75) is 6.54 Å². The van der Waals surface area contributed by atoms with E-state index in [1.54, 1.807) is 32.7 Å². The molecule has 2 N–H and O–H groups in total. The summed E-state index contributed by atoms with van der Waals surface area (Å²) >= 11 is 0. The molecular weight excluding hydrogens is 460 g/mol. The van der Waals surface area contributed by atoms with Crippen molar-refractivity contribution in [3.8, 4) is 22.9 Å². The molecule has 2 aromatic carbocycles. The maximum absolute atomic E-state index is 5.60. The molecule has 4 aromatic rings. The number of pyridine rings is 1. The first-order valence-corrected chi connectivity index (χ1v) is 11.3. The molecular formula is C26H26N6O4. The molecule has 0 saturated carbocycles. The first kappa shape index (κ1) is 23.0. The highest BCUT2D eigenvalue weighted by molar-refractivity contribution is 5.72. The number of rotatable bonds is 10. The van der Waals surface area contributed by atoms with Gasteiger partial charge in [-0.05, 0) is 17.7 Å². The highest BCUT2D eigenvalue weighted by Gasteiger charge is 2.20. The van der Waals surface area contributed by atoms with Crippen LogP contribution in [0, 0.1) is 0 Å². The van der Waals surface area contributed by atoms with Crippen LogP contribution >= 0.6 is 0 Å². The molecule has 3 heterocycles. The zero-order valence-corrected chi connectivity index (χ0v) is 20.0. The fraction of sp³-hybridized carbons (Fsp3) is 0.192. The van der Waals surface area contributed by atoms with Crippen molar-refractivity contribution in [1.29, 1.82) is 0 Å². The molecule has 0 amide bonds. The molecule has 0 radical (unpaired) electrons. The summed E-state index contributed by atoms with van der Waals surface area (Å²) in [5.41, 5.74) is 2.69. The third-order valence-electron chi connectivity index (χ3n) is 5.53. The molecule has 36 heavy (non-hydrogen) atoms. The van der Waals surface area contributed by atoms with Gasteiger partial charge in [-0.15, -0.1) is 10.2 Å². The number of nitrogens with one attached hydrogen (secondary N) is 2. The van der Waals surface area contributed by atoms with Gasteiger partial charge in [0.05, 0.1) is 26.3 Å². The Bertz CT molecular complexity index is 1320. The lowest BCUT2D eigenvalue weighted by atomic mass is 10.1. The van der Waals surface area contributed by atoms with Crippen molar-refractivity contribution in [3.63, 3.8) is 0 Å². The summed E-state index contributed by atoms with van der Waals surface area (Å²) in [4.78, 5) is 10.1. The lowest BCUT2D eigenvalue weighted by molar-refractivity contribution is 0.0797. The van der Waals surface area contributed by atoms with Gasteiger partial charge in [-0.2, -0.15) is 0 Å². The quantitative estimate of drug-likeness (QED) is 0.335. The van der Waals surface area contributed by atoms with E-state index >= 15 is 0 Å². The molecule has 2 aromatic heterocycles. The first-order chi connectivity index (χ1) is 17.7. The van der Waals surface area contributed by atoms with Crippen LogP contribution in [0.1, 0.15) is 5.56 Å². The summed E-state index contributed by atoms with van der Waals surface area (Å²) in [5, 5.41) is 11.9. The normalized spacial score (nSPS) is 12.3. The number of hydrogen-bond acceptors (Lipinski definition) is 9. The van der Waals surface area contributed by atoms with Gasteiger partial charge in [0.15, 0.2) is 11.6 Å². The molecule has 1 aliphatic rings. The number of aromatic nitrogens is 4. The number of nitrogens with zero attached hydrogens (tertiary/aromatic N) is 4. The summed E-state index contributed by atoms with van der Waals surface area (Å²) in [7, 11) is 3.21. The Hall–Kier alpha value is -4.73. The van der Waals surface area contributed by atoms with Crippen molar-refractivity contribution in [2.24, 2.45) is 0 Å². The van der Waals surface area contributed by atoms with E-state index in [0.29, 0.717) is 36.4 Å². The Morgan fingerprint density at radius 2 is 1.78 bits per heavy atom. The second-order valence-corrected chi connectivity index (χ2v) is 7.98. The van der Waals surface area contributed by atoms with E-state index in [2.05, 4.69) is 37.5 Å². The minimum absolute atomic E-state index is 0.218. The fourth-order valence-electron chi connectivity index (χ4n) is 3.84. The predicted octanol–water partition coefficient (Wildman–Crippen LogP) is 4.48. The van der Waals surface area contributed by atoms with Gasteiger partial charge < -0.3 is 34.1 Å². The molecule has 0 unspecified atom stereocenters. The largest absolute Gasteiger partial charge is 0.497 e. The molecule has 184 valence electrons. The van der Waals surface area contributed by atoms with E-state index in [1.165, 1.54) is 0 Å². The average Bonchev–Trinajstić information content (AvgIpc) is 3.61. The van der Waals surface area contributed by atoms with Crippen molar-refractivity contribution < 1.29 is 18.9 Å². The summed E-state index contributed by atoms with van der Waals surface area (Å²) in [6.07, 6.45) is 3.40. The average molecular weight is 487 g/mol. The van der Waals surface area contributed by atoms with Gasteiger partial charge in [0.1, 0.15) is 23.6 Å². The molecule has 0 saturated heterocycles. The Balaban J connectivity index is 1.44. The van der Waals surface area contributed by atoms with Crippen LogP contribution in [0.25, 0.3) is 11.4 Å². The number of hydrogen-bond donors (Lipinski definition) is 2. The predicted molar refractivity (Wildman–Crippen MR) is 135 cm³/mol. The Morgan fingerprint density at radius 3 is 2.50 bits per heavy atom. The van der Waals surface area contributed by atoms with Crippen LogP contribution in [0.4, 0.5) is 17.5 Å². The third kappa shape index (κ3) is 5.33. The molecule has 0 fully saturated rings. The van der Waals surface area contributed by atoms with Crippen molar-refractivity contribution >= 4 is 17.5 Å². The molecule has 10 nitrogen and oxygen atoms in total. The highest BCUT2D eigenvalue weighted by atomic mass is 16.7. The Morgan fingerprint density at radius 1 is 0.972 bits per heavy atom. The minimum atomic E-state index is 0.218. The zero-order valence-electron chi connectivity index (χ0n) is 20.0. The molecule has 5 rings (SSSR count). The fourth-order valence-corrected chi connectivity index (χ4v) is 3.84. The lowest BCUT2D eigenvalue weighted by Gasteiger charge is -2.25. The molecule has 0 aliphatic carbocycles. The highest BCUT2D eigenvalue weighted by Crippen LogP contribution is 2.31. The Kier molecular flexibility index (Phi) is 6.83. The lowest BCUT2D eigenvalue weighted by Crippen LogP contribution is -2.27. The van der Waals surface area contributed by atoms with Gasteiger partial charge in [0, 0.05) is 36.6 Å². The minimum Gasteiger partial charge on any atom is -0.497 e. The van der Waals surface area contributed by atoms with Gasteiger partial charge in [-0.25, -0.2) is 4.98 Å². The van der Waals surface area contributed by atoms with Crippen molar-refractivity contribution in [1.82, 2.24) is 20.2 Å². The first-order valence-electron chi connectivity index (χ1n) is 11.3. The van der Waals surface area contributed by atoms with Gasteiger partial charge in [0.2, 0.25) is 12.7 Å². The molecule has 1 aliphatic heterocycles. The van der Waals surface area contributed by atoms with Crippen LogP contribution < -0.4 is 19.7 Å². The number of anilines is 3. The van der Waals surface area contributed by atoms with Gasteiger partial charge >= 0.3 is 0 Å². The number of methoxy groups -OCH3 is 2. The maximum Gasteiger partial charge on any atom is 0.229 e. The van der Waals surface area contributed by atoms with Gasteiger partial charge in [-0.1, -0.05) is 30.3 Å². The van der Waals surface area contributed by atoms with E-state index in [9.17, 15) is 0 Å². The van der Waals surface area contributed by atoms with E-state index in [1.807, 2.05) is 42.5 Å². The SMILES string of the molecule is COc1cc(Nc2nnc(-c3cccnc3N(CC3=COCO3)Cc3ccccc3)[nH]2)cc(OC)c1. The van der Waals surface area contributed by atoms with Crippen LogP contribution in [0.5, 0.6) is 11.5 Å². The van der Waals surface area contributed by atoms with E-state index in [4.69, 9.17) is 23.9 Å². The van der Waals surface area contributed by atoms with Crippen LogP contribution in [-0.4, -0.2) is 47.7 Å². The van der Waals surface area contributed by atoms with Gasteiger partial charge in [0.25, 0.3) is 0 Å².